The quantitative estimate of drug-likeness (QED) is 0.521. The number of rotatable bonds is 5. The lowest BCUT2D eigenvalue weighted by Crippen LogP contribution is -2.52. The number of nitrogen functional groups attached to an aromatic ring is 1. The van der Waals surface area contributed by atoms with Gasteiger partial charge in [-0.15, -0.1) is 0 Å². The molecule has 2 atom stereocenters. The van der Waals surface area contributed by atoms with Crippen LogP contribution in [0, 0.1) is 0 Å². The summed E-state index contributed by atoms with van der Waals surface area (Å²) in [7, 11) is 0. The maximum Gasteiger partial charge on any atom is 0.255 e. The standard InChI is InChI=1S/C26H26N6O4/c27-26-28-11-16-9-15(1-4-21(16)29-26)12-31-8-7-19(14-31)36-18-2-3-20-17(10-18)13-32(25(20)35)22-5-6-23(33)30-24(22)34/h1-4,9-11,19,22H,5-8,12-14H2,(H2,27,28,29)(H,30,33,34)/t19-,22?/m0/s1. The van der Waals surface area contributed by atoms with Crippen molar-refractivity contribution in [3.63, 3.8) is 0 Å². The van der Waals surface area contributed by atoms with Gasteiger partial charge in [0.15, 0.2) is 0 Å². The van der Waals surface area contributed by atoms with E-state index in [1.54, 1.807) is 17.2 Å². The first-order valence-electron chi connectivity index (χ1n) is 12.1. The zero-order valence-corrected chi connectivity index (χ0v) is 19.6. The number of carbonyl (C=O) groups excluding carboxylic acids is 3. The second kappa shape index (κ2) is 8.87. The summed E-state index contributed by atoms with van der Waals surface area (Å²) in [4.78, 5) is 48.9. The molecule has 0 radical (unpaired) electrons. The predicted octanol–water partition coefficient (Wildman–Crippen LogP) is 1.63. The monoisotopic (exact) mass is 486 g/mol. The molecule has 3 N–H and O–H groups in total. The van der Waals surface area contributed by atoms with Gasteiger partial charge < -0.3 is 15.4 Å². The second-order valence-electron chi connectivity index (χ2n) is 9.60. The van der Waals surface area contributed by atoms with Gasteiger partial charge in [0, 0.05) is 49.7 Å². The van der Waals surface area contributed by atoms with E-state index in [1.165, 1.54) is 5.56 Å². The molecule has 0 aliphatic carbocycles. The number of ether oxygens (including phenoxy) is 1. The van der Waals surface area contributed by atoms with Crippen LogP contribution in [-0.4, -0.2) is 62.7 Å². The van der Waals surface area contributed by atoms with Crippen LogP contribution in [0.1, 0.15) is 40.7 Å². The fourth-order valence-corrected chi connectivity index (χ4v) is 5.31. The van der Waals surface area contributed by atoms with Crippen LogP contribution in [0.2, 0.25) is 0 Å². The number of nitrogens with two attached hydrogens (primary N) is 1. The van der Waals surface area contributed by atoms with Crippen LogP contribution < -0.4 is 15.8 Å². The van der Waals surface area contributed by atoms with Gasteiger partial charge in [-0.2, -0.15) is 0 Å². The number of carbonyl (C=O) groups is 3. The first-order chi connectivity index (χ1) is 17.4. The van der Waals surface area contributed by atoms with Crippen LogP contribution in [0.4, 0.5) is 5.95 Å². The van der Waals surface area contributed by atoms with Crippen LogP contribution in [0.3, 0.4) is 0 Å². The molecule has 6 rings (SSSR count). The van der Waals surface area contributed by atoms with Crippen molar-refractivity contribution in [3.05, 3.63) is 59.3 Å². The van der Waals surface area contributed by atoms with E-state index in [4.69, 9.17) is 10.5 Å². The maximum absolute atomic E-state index is 12.9. The zero-order valence-electron chi connectivity index (χ0n) is 19.6. The Kier molecular flexibility index (Phi) is 5.52. The molecule has 0 saturated carbocycles. The highest BCUT2D eigenvalue weighted by Gasteiger charge is 2.39. The van der Waals surface area contributed by atoms with Crippen LogP contribution >= 0.6 is 0 Å². The number of anilines is 1. The van der Waals surface area contributed by atoms with Crippen molar-refractivity contribution in [3.8, 4) is 5.75 Å². The summed E-state index contributed by atoms with van der Waals surface area (Å²) in [6.07, 6.45) is 3.30. The number of hydrogen-bond acceptors (Lipinski definition) is 8. The van der Waals surface area contributed by atoms with Crippen LogP contribution in [0.5, 0.6) is 5.75 Å². The number of aromatic nitrogens is 2. The summed E-state index contributed by atoms with van der Waals surface area (Å²) >= 11 is 0. The normalized spacial score (nSPS) is 22.2. The summed E-state index contributed by atoms with van der Waals surface area (Å²) in [6, 6.07) is 11.0. The van der Waals surface area contributed by atoms with E-state index in [9.17, 15) is 14.4 Å². The van der Waals surface area contributed by atoms with Crippen molar-refractivity contribution in [1.29, 1.82) is 0 Å². The summed E-state index contributed by atoms with van der Waals surface area (Å²) < 4.78 is 6.27. The number of nitrogens with one attached hydrogen (secondary N) is 1. The van der Waals surface area contributed by atoms with E-state index in [0.717, 1.165) is 48.3 Å². The Hall–Kier alpha value is -4.05. The molecule has 2 aromatic carbocycles. The zero-order chi connectivity index (χ0) is 24.8. The molecular weight excluding hydrogens is 460 g/mol. The minimum atomic E-state index is -0.616. The number of imide groups is 1. The average molecular weight is 487 g/mol. The molecule has 4 heterocycles. The van der Waals surface area contributed by atoms with Crippen molar-refractivity contribution < 1.29 is 19.1 Å². The third-order valence-corrected chi connectivity index (χ3v) is 7.10. The molecule has 3 aliphatic heterocycles. The van der Waals surface area contributed by atoms with E-state index in [-0.39, 0.29) is 30.3 Å². The van der Waals surface area contributed by atoms with E-state index >= 15 is 0 Å². The molecule has 10 heteroatoms. The highest BCUT2D eigenvalue weighted by molar-refractivity contribution is 6.05. The molecule has 0 spiro atoms. The van der Waals surface area contributed by atoms with Gasteiger partial charge >= 0.3 is 0 Å². The third kappa shape index (κ3) is 4.24. The number of fused-ring (bicyclic) bond motifs is 2. The van der Waals surface area contributed by atoms with Gasteiger partial charge in [0.25, 0.3) is 5.91 Å². The molecule has 3 aromatic rings. The molecule has 36 heavy (non-hydrogen) atoms. The van der Waals surface area contributed by atoms with Crippen molar-refractivity contribution in [2.24, 2.45) is 0 Å². The number of hydrogen-bond donors (Lipinski definition) is 2. The van der Waals surface area contributed by atoms with E-state index in [1.807, 2.05) is 18.2 Å². The highest BCUT2D eigenvalue weighted by atomic mass is 16.5. The Bertz CT molecular complexity index is 1390. The molecule has 1 aromatic heterocycles. The SMILES string of the molecule is Nc1ncc2cc(CN3CC[C@H](Oc4ccc5c(c4)CN(C4CCC(=O)NC4=O)C5=O)C3)ccc2n1. The van der Waals surface area contributed by atoms with Gasteiger partial charge in [-0.3, -0.25) is 24.6 Å². The topological polar surface area (TPSA) is 131 Å². The molecule has 2 saturated heterocycles. The lowest BCUT2D eigenvalue weighted by molar-refractivity contribution is -0.136. The largest absolute Gasteiger partial charge is 0.489 e. The fourth-order valence-electron chi connectivity index (χ4n) is 5.31. The number of benzene rings is 2. The van der Waals surface area contributed by atoms with Gasteiger partial charge in [-0.25, -0.2) is 9.97 Å². The Balaban J connectivity index is 1.08. The highest BCUT2D eigenvalue weighted by Crippen LogP contribution is 2.31. The van der Waals surface area contributed by atoms with Gasteiger partial charge in [0.05, 0.1) is 5.52 Å². The number of nitrogens with zero attached hydrogens (tertiary/aromatic N) is 4. The fraction of sp³-hybridized carbons (Fsp3) is 0.346. The molecular formula is C26H26N6O4. The molecule has 10 nitrogen and oxygen atoms in total. The molecule has 1 unspecified atom stereocenters. The number of amides is 3. The smallest absolute Gasteiger partial charge is 0.255 e. The Morgan fingerprint density at radius 2 is 2.00 bits per heavy atom. The Morgan fingerprint density at radius 1 is 1.11 bits per heavy atom. The summed E-state index contributed by atoms with van der Waals surface area (Å²) in [5.74, 6) is 0.120. The van der Waals surface area contributed by atoms with Gasteiger partial charge in [0.2, 0.25) is 17.8 Å². The molecule has 184 valence electrons. The van der Waals surface area contributed by atoms with Gasteiger partial charge in [-0.05, 0) is 54.3 Å². The van der Waals surface area contributed by atoms with Crippen molar-refractivity contribution in [2.45, 2.75) is 44.5 Å². The first kappa shape index (κ1) is 22.4. The lowest BCUT2D eigenvalue weighted by Gasteiger charge is -2.29. The predicted molar refractivity (Wildman–Crippen MR) is 131 cm³/mol. The minimum absolute atomic E-state index is 0.0509. The molecule has 3 aliphatic rings. The van der Waals surface area contributed by atoms with Crippen LogP contribution in [0.25, 0.3) is 10.9 Å². The van der Waals surface area contributed by atoms with Crippen molar-refractivity contribution in [1.82, 2.24) is 25.1 Å². The minimum Gasteiger partial charge on any atom is -0.489 e. The lowest BCUT2D eigenvalue weighted by atomic mass is 10.0. The second-order valence-corrected chi connectivity index (χ2v) is 9.60. The number of piperidine rings is 1. The van der Waals surface area contributed by atoms with Crippen molar-refractivity contribution >= 4 is 34.6 Å². The summed E-state index contributed by atoms with van der Waals surface area (Å²) in [5.41, 5.74) is 9.11. The molecule has 2 fully saturated rings. The summed E-state index contributed by atoms with van der Waals surface area (Å²) in [5, 5.41) is 3.30. The molecule has 0 bridgehead atoms. The Labute approximate surface area is 207 Å². The van der Waals surface area contributed by atoms with E-state index in [0.29, 0.717) is 18.5 Å². The van der Waals surface area contributed by atoms with E-state index in [2.05, 4.69) is 32.3 Å². The Morgan fingerprint density at radius 3 is 2.86 bits per heavy atom. The average Bonchev–Trinajstić information content (AvgIpc) is 3.42. The number of likely N-dealkylation sites (tertiary alicyclic amines) is 1. The van der Waals surface area contributed by atoms with Gasteiger partial charge in [-0.1, -0.05) is 6.07 Å². The van der Waals surface area contributed by atoms with E-state index < -0.39 is 11.9 Å². The van der Waals surface area contributed by atoms with Crippen LogP contribution in [-0.2, 0) is 22.7 Å². The molecule has 3 amide bonds. The maximum atomic E-state index is 12.9. The first-order valence-corrected chi connectivity index (χ1v) is 12.1. The summed E-state index contributed by atoms with van der Waals surface area (Å²) in [6.45, 7) is 2.87. The third-order valence-electron chi connectivity index (χ3n) is 7.10. The van der Waals surface area contributed by atoms with Crippen molar-refractivity contribution in [2.75, 3.05) is 18.8 Å². The van der Waals surface area contributed by atoms with Gasteiger partial charge in [0.1, 0.15) is 17.9 Å². The van der Waals surface area contributed by atoms with Crippen LogP contribution in [0.15, 0.2) is 42.6 Å².